The van der Waals surface area contributed by atoms with Gasteiger partial charge < -0.3 is 10.0 Å². The molecule has 0 bridgehead atoms. The smallest absolute Gasteiger partial charge is 0.326 e. The summed E-state index contributed by atoms with van der Waals surface area (Å²) >= 11 is 0. The lowest BCUT2D eigenvalue weighted by molar-refractivity contribution is -0.148. The van der Waals surface area contributed by atoms with Crippen LogP contribution in [-0.2, 0) is 16.1 Å². The molecule has 26 heavy (non-hydrogen) atoms. The molecule has 1 aliphatic carbocycles. The second-order valence-electron chi connectivity index (χ2n) is 8.56. The van der Waals surface area contributed by atoms with Gasteiger partial charge in [-0.1, -0.05) is 29.8 Å². The lowest BCUT2D eigenvalue weighted by atomic mass is 9.76. The Morgan fingerprint density at radius 2 is 1.81 bits per heavy atom. The Morgan fingerprint density at radius 1 is 1.15 bits per heavy atom. The van der Waals surface area contributed by atoms with Crippen molar-refractivity contribution in [1.82, 2.24) is 9.80 Å². The summed E-state index contributed by atoms with van der Waals surface area (Å²) in [4.78, 5) is 28.4. The molecule has 5 nitrogen and oxygen atoms in total. The SMILES string of the molecule is Cc1ccc(CN2CCC3(CC2)CC(C(=O)O)N(C(=O)C2CC2)C3)cc1. The van der Waals surface area contributed by atoms with E-state index in [1.165, 1.54) is 11.1 Å². The van der Waals surface area contributed by atoms with Gasteiger partial charge in [0.25, 0.3) is 0 Å². The summed E-state index contributed by atoms with van der Waals surface area (Å²) in [5.74, 6) is -0.664. The largest absolute Gasteiger partial charge is 0.480 e. The van der Waals surface area contributed by atoms with Gasteiger partial charge in [-0.2, -0.15) is 0 Å². The number of benzene rings is 1. The fourth-order valence-corrected chi connectivity index (χ4v) is 4.57. The first-order chi connectivity index (χ1) is 12.5. The standard InChI is InChI=1S/C21H28N2O3/c1-15-2-4-16(5-3-15)13-22-10-8-21(9-11-22)12-18(20(25)26)23(14-21)19(24)17-6-7-17/h2-5,17-18H,6-14H2,1H3,(H,25,26). The highest BCUT2D eigenvalue weighted by Crippen LogP contribution is 2.45. The Labute approximate surface area is 155 Å². The van der Waals surface area contributed by atoms with Crippen LogP contribution in [0.25, 0.3) is 0 Å². The van der Waals surface area contributed by atoms with Gasteiger partial charge in [0, 0.05) is 19.0 Å². The zero-order valence-electron chi connectivity index (χ0n) is 15.5. The summed E-state index contributed by atoms with van der Waals surface area (Å²) in [7, 11) is 0. The highest BCUT2D eigenvalue weighted by atomic mass is 16.4. The van der Waals surface area contributed by atoms with E-state index in [1.807, 2.05) is 0 Å². The van der Waals surface area contributed by atoms with E-state index in [9.17, 15) is 14.7 Å². The van der Waals surface area contributed by atoms with Crippen LogP contribution in [0, 0.1) is 18.3 Å². The van der Waals surface area contributed by atoms with Crippen molar-refractivity contribution in [1.29, 1.82) is 0 Å². The molecule has 1 atom stereocenters. The maximum absolute atomic E-state index is 12.5. The van der Waals surface area contributed by atoms with Gasteiger partial charge in [0.1, 0.15) is 6.04 Å². The van der Waals surface area contributed by atoms with Gasteiger partial charge in [0.05, 0.1) is 0 Å². The van der Waals surface area contributed by atoms with Gasteiger partial charge in [0.2, 0.25) is 5.91 Å². The molecule has 0 aromatic heterocycles. The third-order valence-electron chi connectivity index (χ3n) is 6.45. The second kappa shape index (κ2) is 6.69. The molecule has 140 valence electrons. The number of carbonyl (C=O) groups excluding carboxylic acids is 1. The first kappa shape index (κ1) is 17.5. The zero-order valence-corrected chi connectivity index (χ0v) is 15.5. The van der Waals surface area contributed by atoms with Crippen molar-refractivity contribution in [3.63, 3.8) is 0 Å². The van der Waals surface area contributed by atoms with Crippen molar-refractivity contribution in [3.8, 4) is 0 Å². The van der Waals surface area contributed by atoms with Gasteiger partial charge in [-0.15, -0.1) is 0 Å². The van der Waals surface area contributed by atoms with Gasteiger partial charge in [-0.05, 0) is 63.1 Å². The molecule has 1 aromatic rings. The number of hydrogen-bond acceptors (Lipinski definition) is 3. The maximum Gasteiger partial charge on any atom is 0.326 e. The van der Waals surface area contributed by atoms with E-state index in [2.05, 4.69) is 36.1 Å². The van der Waals surface area contributed by atoms with Gasteiger partial charge in [-0.3, -0.25) is 9.69 Å². The van der Waals surface area contributed by atoms with Crippen LogP contribution in [0.5, 0.6) is 0 Å². The molecule has 3 fully saturated rings. The Balaban J connectivity index is 1.39. The summed E-state index contributed by atoms with van der Waals surface area (Å²) in [6.07, 6.45) is 4.45. The van der Waals surface area contributed by atoms with Gasteiger partial charge in [0.15, 0.2) is 0 Å². The normalized spacial score (nSPS) is 25.6. The lowest BCUT2D eigenvalue weighted by Gasteiger charge is -2.39. The van der Waals surface area contributed by atoms with Crippen molar-refractivity contribution < 1.29 is 14.7 Å². The summed E-state index contributed by atoms with van der Waals surface area (Å²) in [5, 5.41) is 9.61. The van der Waals surface area contributed by atoms with Crippen molar-refractivity contribution in [3.05, 3.63) is 35.4 Å². The van der Waals surface area contributed by atoms with Crippen LogP contribution in [0.15, 0.2) is 24.3 Å². The van der Waals surface area contributed by atoms with Crippen molar-refractivity contribution in [2.24, 2.45) is 11.3 Å². The molecule has 1 unspecified atom stereocenters. The molecular formula is C21H28N2O3. The number of rotatable bonds is 4. The number of likely N-dealkylation sites (tertiary alicyclic amines) is 2. The highest BCUT2D eigenvalue weighted by molar-refractivity contribution is 5.87. The van der Waals surface area contributed by atoms with Gasteiger partial charge >= 0.3 is 5.97 Å². The number of aliphatic carboxylic acids is 1. The van der Waals surface area contributed by atoms with Crippen LogP contribution in [0.3, 0.4) is 0 Å². The minimum absolute atomic E-state index is 0.00260. The summed E-state index contributed by atoms with van der Waals surface area (Å²) in [5.41, 5.74) is 2.60. The minimum Gasteiger partial charge on any atom is -0.480 e. The predicted molar refractivity (Wildman–Crippen MR) is 98.6 cm³/mol. The van der Waals surface area contributed by atoms with E-state index in [4.69, 9.17) is 0 Å². The summed E-state index contributed by atoms with van der Waals surface area (Å²) in [6, 6.07) is 8.05. The number of carboxylic acids is 1. The first-order valence-electron chi connectivity index (χ1n) is 9.77. The van der Waals surface area contributed by atoms with Crippen molar-refractivity contribution in [2.45, 2.75) is 51.6 Å². The van der Waals surface area contributed by atoms with E-state index >= 15 is 0 Å². The third-order valence-corrected chi connectivity index (χ3v) is 6.45. The third kappa shape index (κ3) is 3.50. The molecule has 1 N–H and O–H groups in total. The Bertz CT molecular complexity index is 688. The Kier molecular flexibility index (Phi) is 4.51. The highest BCUT2D eigenvalue weighted by Gasteiger charge is 2.51. The molecule has 4 rings (SSSR count). The fourth-order valence-electron chi connectivity index (χ4n) is 4.57. The molecular weight excluding hydrogens is 328 g/mol. The Morgan fingerprint density at radius 3 is 2.38 bits per heavy atom. The summed E-state index contributed by atoms with van der Waals surface area (Å²) < 4.78 is 0. The number of carboxylic acid groups (broad SMARTS) is 1. The van der Waals surface area contributed by atoms with E-state index in [1.54, 1.807) is 4.90 Å². The van der Waals surface area contributed by atoms with Crippen LogP contribution in [-0.4, -0.2) is 52.5 Å². The molecule has 2 aliphatic heterocycles. The minimum atomic E-state index is -0.835. The number of nitrogens with zero attached hydrogens (tertiary/aromatic N) is 2. The van der Waals surface area contributed by atoms with Crippen LogP contribution in [0.1, 0.15) is 43.2 Å². The van der Waals surface area contributed by atoms with Crippen molar-refractivity contribution in [2.75, 3.05) is 19.6 Å². The molecule has 2 heterocycles. The lowest BCUT2D eigenvalue weighted by Crippen LogP contribution is -2.43. The molecule has 2 saturated heterocycles. The van der Waals surface area contributed by atoms with Gasteiger partial charge in [-0.25, -0.2) is 4.79 Å². The number of amides is 1. The van der Waals surface area contributed by atoms with Crippen molar-refractivity contribution >= 4 is 11.9 Å². The second-order valence-corrected chi connectivity index (χ2v) is 8.56. The monoisotopic (exact) mass is 356 g/mol. The molecule has 0 radical (unpaired) electrons. The number of hydrogen-bond donors (Lipinski definition) is 1. The molecule has 1 saturated carbocycles. The number of carbonyl (C=O) groups is 2. The predicted octanol–water partition coefficient (Wildman–Crippen LogP) is 2.67. The first-order valence-corrected chi connectivity index (χ1v) is 9.77. The molecule has 3 aliphatic rings. The number of aryl methyl sites for hydroxylation is 1. The van der Waals surface area contributed by atoms with Crippen LogP contribution in [0.4, 0.5) is 0 Å². The topological polar surface area (TPSA) is 60.9 Å². The molecule has 5 heteroatoms. The average molecular weight is 356 g/mol. The van der Waals surface area contributed by atoms with E-state index < -0.39 is 12.0 Å². The van der Waals surface area contributed by atoms with Crippen LogP contribution < -0.4 is 0 Å². The molecule has 1 spiro atoms. The van der Waals surface area contributed by atoms with E-state index in [0.717, 1.165) is 45.3 Å². The fraction of sp³-hybridized carbons (Fsp3) is 0.619. The summed E-state index contributed by atoms with van der Waals surface area (Å²) in [6.45, 7) is 5.64. The number of piperidine rings is 1. The zero-order chi connectivity index (χ0) is 18.3. The average Bonchev–Trinajstić information content (AvgIpc) is 3.41. The molecule has 1 aromatic carbocycles. The van der Waals surface area contributed by atoms with Crippen LogP contribution in [0.2, 0.25) is 0 Å². The molecule has 1 amide bonds. The Hall–Kier alpha value is -1.88. The quantitative estimate of drug-likeness (QED) is 0.901. The maximum atomic E-state index is 12.5. The van der Waals surface area contributed by atoms with E-state index in [0.29, 0.717) is 13.0 Å². The van der Waals surface area contributed by atoms with Crippen LogP contribution >= 0.6 is 0 Å². The van der Waals surface area contributed by atoms with E-state index in [-0.39, 0.29) is 17.2 Å².